The number of nitrogens with one attached hydrogen (secondary N) is 1. The molecule has 3 heteroatoms. The number of hydrogen-bond acceptors (Lipinski definition) is 3. The van der Waals surface area contributed by atoms with E-state index in [2.05, 4.69) is 42.7 Å². The van der Waals surface area contributed by atoms with Gasteiger partial charge in [-0.2, -0.15) is 11.8 Å². The summed E-state index contributed by atoms with van der Waals surface area (Å²) in [5.74, 6) is 2.18. The van der Waals surface area contributed by atoms with Crippen LogP contribution in [0.1, 0.15) is 52.9 Å². The second kappa shape index (κ2) is 7.33. The van der Waals surface area contributed by atoms with E-state index < -0.39 is 0 Å². The van der Waals surface area contributed by atoms with Crippen LogP contribution in [0.5, 0.6) is 0 Å². The molecule has 2 unspecified atom stereocenters. The molecule has 0 radical (unpaired) electrons. The molecule has 2 rings (SSSR count). The van der Waals surface area contributed by atoms with E-state index in [-0.39, 0.29) is 0 Å². The predicted octanol–water partition coefficient (Wildman–Crippen LogP) is 3.37. The summed E-state index contributed by atoms with van der Waals surface area (Å²) in [6, 6.07) is 0.784. The Kier molecular flexibility index (Phi) is 6.04. The van der Waals surface area contributed by atoms with Crippen molar-refractivity contribution in [3.8, 4) is 0 Å². The molecule has 0 spiro atoms. The van der Waals surface area contributed by atoms with Crippen LogP contribution in [0, 0.1) is 5.92 Å². The summed E-state index contributed by atoms with van der Waals surface area (Å²) in [7, 11) is 0. The minimum Gasteiger partial charge on any atom is -0.312 e. The van der Waals surface area contributed by atoms with E-state index in [0.29, 0.717) is 4.75 Å². The molecule has 1 heterocycles. The van der Waals surface area contributed by atoms with Crippen LogP contribution in [0.25, 0.3) is 0 Å². The van der Waals surface area contributed by atoms with Crippen LogP contribution in [-0.4, -0.2) is 47.6 Å². The lowest BCUT2D eigenvalue weighted by Crippen LogP contribution is -2.42. The molecule has 2 fully saturated rings. The van der Waals surface area contributed by atoms with Crippen molar-refractivity contribution in [1.82, 2.24) is 10.2 Å². The van der Waals surface area contributed by atoms with E-state index in [9.17, 15) is 0 Å². The van der Waals surface area contributed by atoms with Crippen molar-refractivity contribution in [2.75, 3.05) is 31.9 Å². The normalized spacial score (nSPS) is 33.0. The minimum atomic E-state index is 0.486. The Morgan fingerprint density at radius 2 is 2.00 bits per heavy atom. The first-order valence-corrected chi connectivity index (χ1v) is 9.15. The van der Waals surface area contributed by atoms with Crippen LogP contribution in [0.15, 0.2) is 0 Å². The van der Waals surface area contributed by atoms with Gasteiger partial charge in [0.25, 0.3) is 0 Å². The molecule has 2 aliphatic rings. The monoisotopic (exact) mass is 284 g/mol. The van der Waals surface area contributed by atoms with Crippen molar-refractivity contribution < 1.29 is 0 Å². The van der Waals surface area contributed by atoms with Gasteiger partial charge in [-0.25, -0.2) is 0 Å². The zero-order chi connectivity index (χ0) is 13.7. The summed E-state index contributed by atoms with van der Waals surface area (Å²) in [4.78, 5) is 2.66. The van der Waals surface area contributed by atoms with Gasteiger partial charge in [0.2, 0.25) is 0 Å². The van der Waals surface area contributed by atoms with Gasteiger partial charge in [0.15, 0.2) is 0 Å². The summed E-state index contributed by atoms with van der Waals surface area (Å²) in [6.07, 6.45) is 7.02. The minimum absolute atomic E-state index is 0.486. The fraction of sp³-hybridized carbons (Fsp3) is 1.00. The Balaban J connectivity index is 1.65. The third-order valence-corrected chi connectivity index (χ3v) is 6.25. The van der Waals surface area contributed by atoms with Crippen LogP contribution < -0.4 is 5.32 Å². The second-order valence-corrected chi connectivity index (χ2v) is 8.82. The van der Waals surface area contributed by atoms with Crippen molar-refractivity contribution in [1.29, 1.82) is 0 Å². The fourth-order valence-electron chi connectivity index (χ4n) is 3.31. The Labute approximate surface area is 124 Å². The summed E-state index contributed by atoms with van der Waals surface area (Å²) >= 11 is 2.14. The molecule has 0 aromatic rings. The third-order valence-electron chi connectivity index (χ3n) is 4.88. The highest BCUT2D eigenvalue weighted by atomic mass is 32.2. The molecule has 19 heavy (non-hydrogen) atoms. The molecular weight excluding hydrogens is 252 g/mol. The van der Waals surface area contributed by atoms with E-state index in [1.807, 2.05) is 0 Å². The largest absolute Gasteiger partial charge is 0.312 e. The molecule has 2 nitrogen and oxygen atoms in total. The molecule has 1 saturated heterocycles. The maximum absolute atomic E-state index is 3.81. The first-order chi connectivity index (χ1) is 9.07. The predicted molar refractivity (Wildman–Crippen MR) is 87.0 cm³/mol. The van der Waals surface area contributed by atoms with Gasteiger partial charge in [0.1, 0.15) is 0 Å². The van der Waals surface area contributed by atoms with E-state index in [1.165, 1.54) is 64.0 Å². The Bertz CT molecular complexity index is 267. The molecular formula is C16H32N2S. The van der Waals surface area contributed by atoms with Gasteiger partial charge >= 0.3 is 0 Å². The van der Waals surface area contributed by atoms with E-state index in [1.54, 1.807) is 0 Å². The average Bonchev–Trinajstić information content (AvgIpc) is 2.53. The SMILES string of the molecule is CC1CCCCC1NCCN1CCSC(C)(C)CC1. The summed E-state index contributed by atoms with van der Waals surface area (Å²) in [6.45, 7) is 12.2. The molecule has 0 aromatic heterocycles. The molecule has 1 aliphatic carbocycles. The Morgan fingerprint density at radius 1 is 1.21 bits per heavy atom. The first kappa shape index (κ1) is 15.7. The standard InChI is InChI=1S/C16H32N2S/c1-14-6-4-5-7-15(14)17-9-11-18-10-8-16(2,3)19-13-12-18/h14-15,17H,4-13H2,1-3H3. The van der Waals surface area contributed by atoms with Gasteiger partial charge in [-0.05, 0) is 31.7 Å². The quantitative estimate of drug-likeness (QED) is 0.852. The molecule has 1 aliphatic heterocycles. The lowest BCUT2D eigenvalue weighted by Gasteiger charge is -2.30. The summed E-state index contributed by atoms with van der Waals surface area (Å²) in [5, 5.41) is 3.81. The molecule has 1 saturated carbocycles. The zero-order valence-corrected chi connectivity index (χ0v) is 13.9. The van der Waals surface area contributed by atoms with Crippen LogP contribution >= 0.6 is 11.8 Å². The van der Waals surface area contributed by atoms with Crippen molar-refractivity contribution in [2.45, 2.75) is 63.7 Å². The van der Waals surface area contributed by atoms with Crippen molar-refractivity contribution in [2.24, 2.45) is 5.92 Å². The number of thioether (sulfide) groups is 1. The average molecular weight is 285 g/mol. The lowest BCUT2D eigenvalue weighted by atomic mass is 9.86. The number of rotatable bonds is 4. The zero-order valence-electron chi connectivity index (χ0n) is 13.1. The number of hydrogen-bond donors (Lipinski definition) is 1. The molecule has 2 atom stereocenters. The maximum atomic E-state index is 3.81. The Morgan fingerprint density at radius 3 is 2.79 bits per heavy atom. The molecule has 1 N–H and O–H groups in total. The van der Waals surface area contributed by atoms with Gasteiger partial charge in [0.05, 0.1) is 0 Å². The highest BCUT2D eigenvalue weighted by Gasteiger charge is 2.24. The molecule has 0 aromatic carbocycles. The van der Waals surface area contributed by atoms with Gasteiger partial charge in [-0.15, -0.1) is 0 Å². The fourth-order valence-corrected chi connectivity index (χ4v) is 4.45. The maximum Gasteiger partial charge on any atom is 0.0116 e. The smallest absolute Gasteiger partial charge is 0.0116 e. The topological polar surface area (TPSA) is 15.3 Å². The highest BCUT2D eigenvalue weighted by molar-refractivity contribution is 8.00. The summed E-state index contributed by atoms with van der Waals surface area (Å²) in [5.41, 5.74) is 0. The van der Waals surface area contributed by atoms with Gasteiger partial charge in [0, 0.05) is 36.2 Å². The van der Waals surface area contributed by atoms with E-state index in [4.69, 9.17) is 0 Å². The lowest BCUT2D eigenvalue weighted by molar-refractivity contribution is 0.245. The van der Waals surface area contributed by atoms with Gasteiger partial charge in [-0.1, -0.05) is 33.6 Å². The van der Waals surface area contributed by atoms with Gasteiger partial charge in [-0.3, -0.25) is 0 Å². The number of nitrogens with zero attached hydrogens (tertiary/aromatic N) is 1. The van der Waals surface area contributed by atoms with Crippen molar-refractivity contribution in [3.63, 3.8) is 0 Å². The van der Waals surface area contributed by atoms with E-state index in [0.717, 1.165) is 12.0 Å². The third kappa shape index (κ3) is 5.28. The van der Waals surface area contributed by atoms with Crippen LogP contribution in [0.3, 0.4) is 0 Å². The van der Waals surface area contributed by atoms with Crippen molar-refractivity contribution >= 4 is 11.8 Å². The van der Waals surface area contributed by atoms with Gasteiger partial charge < -0.3 is 10.2 Å². The summed E-state index contributed by atoms with van der Waals surface area (Å²) < 4.78 is 0.486. The molecule has 0 amide bonds. The first-order valence-electron chi connectivity index (χ1n) is 8.16. The molecule has 112 valence electrons. The van der Waals surface area contributed by atoms with Crippen LogP contribution in [0.4, 0.5) is 0 Å². The second-order valence-electron chi connectivity index (χ2n) is 7.02. The molecule has 0 bridgehead atoms. The van der Waals surface area contributed by atoms with Crippen LogP contribution in [-0.2, 0) is 0 Å². The Hall–Kier alpha value is 0.270. The van der Waals surface area contributed by atoms with Crippen molar-refractivity contribution in [3.05, 3.63) is 0 Å². The highest BCUT2D eigenvalue weighted by Crippen LogP contribution is 2.30. The van der Waals surface area contributed by atoms with Crippen LogP contribution in [0.2, 0.25) is 0 Å². The van der Waals surface area contributed by atoms with E-state index >= 15 is 0 Å².